The molecule has 0 atom stereocenters. The zero-order valence-electron chi connectivity index (χ0n) is 18.3. The standard InChI is InChI=1S/C22H30ClN5O2S/c1-4-5-6-18-27-19(20(29)26-17-8-7-16(23)13-25-17)22(31-18)28(14(2)3)21(30)15-9-11-24-12-10-15/h7-8,13-15,24H,4-6,9-12H2,1-3H3,(H,25,26,29). The smallest absolute Gasteiger partial charge is 0.278 e. The van der Waals surface area contributed by atoms with Crippen molar-refractivity contribution in [1.29, 1.82) is 0 Å². The zero-order chi connectivity index (χ0) is 22.4. The molecule has 2 N–H and O–H groups in total. The molecule has 168 valence electrons. The maximum Gasteiger partial charge on any atom is 0.278 e. The first-order chi connectivity index (χ1) is 14.9. The van der Waals surface area contributed by atoms with E-state index in [0.717, 1.165) is 50.2 Å². The maximum absolute atomic E-state index is 13.5. The number of carbonyl (C=O) groups excluding carboxylic acids is 2. The fourth-order valence-corrected chi connectivity index (χ4v) is 4.93. The number of nitrogens with zero attached hydrogens (tertiary/aromatic N) is 3. The predicted octanol–water partition coefficient (Wildman–Crippen LogP) is 4.53. The average molecular weight is 464 g/mol. The van der Waals surface area contributed by atoms with E-state index in [0.29, 0.717) is 15.8 Å². The minimum absolute atomic E-state index is 0.0429. The van der Waals surface area contributed by atoms with E-state index < -0.39 is 0 Å². The normalized spacial score (nSPS) is 14.6. The summed E-state index contributed by atoms with van der Waals surface area (Å²) in [6, 6.07) is 3.23. The van der Waals surface area contributed by atoms with Crippen LogP contribution >= 0.6 is 22.9 Å². The third-order valence-corrected chi connectivity index (χ3v) is 6.58. The summed E-state index contributed by atoms with van der Waals surface area (Å²) < 4.78 is 0. The second kappa shape index (κ2) is 11.0. The molecule has 3 heterocycles. The van der Waals surface area contributed by atoms with E-state index >= 15 is 0 Å². The Labute approximate surface area is 192 Å². The Morgan fingerprint density at radius 1 is 1.32 bits per heavy atom. The van der Waals surface area contributed by atoms with Crippen LogP contribution in [0, 0.1) is 5.92 Å². The van der Waals surface area contributed by atoms with Gasteiger partial charge in [0.05, 0.1) is 10.0 Å². The molecule has 1 fully saturated rings. The third-order valence-electron chi connectivity index (χ3n) is 5.24. The van der Waals surface area contributed by atoms with Crippen molar-refractivity contribution in [2.75, 3.05) is 23.3 Å². The number of aryl methyl sites for hydroxylation is 1. The first kappa shape index (κ1) is 23.6. The highest BCUT2D eigenvalue weighted by Gasteiger charge is 2.33. The molecule has 3 rings (SSSR count). The number of piperidine rings is 1. The van der Waals surface area contributed by atoms with E-state index in [1.807, 2.05) is 13.8 Å². The van der Waals surface area contributed by atoms with Gasteiger partial charge in [-0.15, -0.1) is 11.3 Å². The molecular formula is C22H30ClN5O2S. The summed E-state index contributed by atoms with van der Waals surface area (Å²) >= 11 is 7.34. The van der Waals surface area contributed by atoms with Crippen molar-refractivity contribution in [2.45, 2.75) is 58.9 Å². The molecular weight excluding hydrogens is 434 g/mol. The molecule has 2 aromatic heterocycles. The molecule has 0 aromatic carbocycles. The van der Waals surface area contributed by atoms with Crippen molar-refractivity contribution in [3.8, 4) is 0 Å². The number of pyridine rings is 1. The van der Waals surface area contributed by atoms with Crippen LogP contribution in [0.3, 0.4) is 0 Å². The molecule has 0 saturated carbocycles. The largest absolute Gasteiger partial charge is 0.317 e. The van der Waals surface area contributed by atoms with Crippen LogP contribution in [-0.2, 0) is 11.2 Å². The molecule has 2 amide bonds. The molecule has 9 heteroatoms. The van der Waals surface area contributed by atoms with Crippen molar-refractivity contribution in [2.24, 2.45) is 5.92 Å². The molecule has 1 aliphatic heterocycles. The predicted molar refractivity (Wildman–Crippen MR) is 126 cm³/mol. The highest BCUT2D eigenvalue weighted by atomic mass is 35.5. The third kappa shape index (κ3) is 6.02. The number of amides is 2. The first-order valence-corrected chi connectivity index (χ1v) is 12.1. The van der Waals surface area contributed by atoms with Crippen LogP contribution in [0.25, 0.3) is 0 Å². The van der Waals surface area contributed by atoms with Crippen LogP contribution in [-0.4, -0.2) is 40.9 Å². The molecule has 0 spiro atoms. The van der Waals surface area contributed by atoms with E-state index in [-0.39, 0.29) is 29.5 Å². The van der Waals surface area contributed by atoms with Crippen LogP contribution in [0.15, 0.2) is 18.3 Å². The summed E-state index contributed by atoms with van der Waals surface area (Å²) in [5, 5.41) is 8.08. The van der Waals surface area contributed by atoms with Gasteiger partial charge in [-0.3, -0.25) is 14.5 Å². The van der Waals surface area contributed by atoms with Crippen molar-refractivity contribution in [3.05, 3.63) is 34.1 Å². The summed E-state index contributed by atoms with van der Waals surface area (Å²) in [7, 11) is 0. The van der Waals surface area contributed by atoms with Crippen LogP contribution in [0.5, 0.6) is 0 Å². The minimum atomic E-state index is -0.368. The molecule has 7 nitrogen and oxygen atoms in total. The molecule has 31 heavy (non-hydrogen) atoms. The quantitative estimate of drug-likeness (QED) is 0.600. The van der Waals surface area contributed by atoms with Crippen molar-refractivity contribution in [1.82, 2.24) is 15.3 Å². The van der Waals surface area contributed by atoms with E-state index in [2.05, 4.69) is 27.5 Å². The maximum atomic E-state index is 13.5. The van der Waals surface area contributed by atoms with E-state index in [9.17, 15) is 9.59 Å². The van der Waals surface area contributed by atoms with Gasteiger partial charge >= 0.3 is 0 Å². The van der Waals surface area contributed by atoms with Gasteiger partial charge in [-0.1, -0.05) is 24.9 Å². The minimum Gasteiger partial charge on any atom is -0.317 e. The Bertz CT molecular complexity index is 894. The van der Waals surface area contributed by atoms with Crippen LogP contribution < -0.4 is 15.5 Å². The Kier molecular flexibility index (Phi) is 8.40. The highest BCUT2D eigenvalue weighted by Crippen LogP contribution is 2.34. The van der Waals surface area contributed by atoms with Gasteiger partial charge in [0.2, 0.25) is 5.91 Å². The second-order valence-corrected chi connectivity index (χ2v) is 9.51. The number of unbranched alkanes of at least 4 members (excludes halogenated alkanes) is 1. The molecule has 2 aromatic rings. The monoisotopic (exact) mass is 463 g/mol. The number of hydrogen-bond acceptors (Lipinski definition) is 6. The fraction of sp³-hybridized carbons (Fsp3) is 0.545. The number of anilines is 2. The summed E-state index contributed by atoms with van der Waals surface area (Å²) in [5.74, 6) is 0.0522. The molecule has 0 bridgehead atoms. The van der Waals surface area contributed by atoms with Gasteiger partial charge in [0.25, 0.3) is 5.91 Å². The van der Waals surface area contributed by atoms with Gasteiger partial charge < -0.3 is 10.6 Å². The lowest BCUT2D eigenvalue weighted by Gasteiger charge is -2.31. The molecule has 0 aliphatic carbocycles. The van der Waals surface area contributed by atoms with Gasteiger partial charge in [-0.25, -0.2) is 9.97 Å². The molecule has 0 radical (unpaired) electrons. The Hall–Kier alpha value is -2.03. The van der Waals surface area contributed by atoms with E-state index in [1.54, 1.807) is 17.0 Å². The summed E-state index contributed by atoms with van der Waals surface area (Å²) in [6.45, 7) is 7.75. The van der Waals surface area contributed by atoms with Crippen molar-refractivity contribution >= 4 is 45.6 Å². The lowest BCUT2D eigenvalue weighted by molar-refractivity contribution is -0.123. The van der Waals surface area contributed by atoms with Crippen LogP contribution in [0.2, 0.25) is 5.02 Å². The van der Waals surface area contributed by atoms with Gasteiger partial charge in [0.15, 0.2) is 5.69 Å². The molecule has 1 saturated heterocycles. The number of nitrogens with one attached hydrogen (secondary N) is 2. The van der Waals surface area contributed by atoms with Gasteiger partial charge in [0, 0.05) is 18.2 Å². The lowest BCUT2D eigenvalue weighted by Crippen LogP contribution is -2.44. The van der Waals surface area contributed by atoms with Gasteiger partial charge in [0.1, 0.15) is 10.8 Å². The van der Waals surface area contributed by atoms with Crippen LogP contribution in [0.4, 0.5) is 10.8 Å². The highest BCUT2D eigenvalue weighted by molar-refractivity contribution is 7.16. The van der Waals surface area contributed by atoms with E-state index in [1.165, 1.54) is 17.5 Å². The van der Waals surface area contributed by atoms with Crippen LogP contribution in [0.1, 0.15) is 62.0 Å². The molecule has 1 aliphatic rings. The second-order valence-electron chi connectivity index (χ2n) is 8.01. The topological polar surface area (TPSA) is 87.2 Å². The average Bonchev–Trinajstić information content (AvgIpc) is 3.18. The number of hydrogen-bond donors (Lipinski definition) is 2. The Morgan fingerprint density at radius 2 is 2.06 bits per heavy atom. The molecule has 0 unspecified atom stereocenters. The van der Waals surface area contributed by atoms with Gasteiger partial charge in [-0.05, 0) is 64.8 Å². The van der Waals surface area contributed by atoms with Crippen molar-refractivity contribution in [3.63, 3.8) is 0 Å². The van der Waals surface area contributed by atoms with Crippen molar-refractivity contribution < 1.29 is 9.59 Å². The number of rotatable bonds is 8. The number of halogens is 1. The zero-order valence-corrected chi connectivity index (χ0v) is 19.9. The Morgan fingerprint density at radius 3 is 2.68 bits per heavy atom. The number of carbonyl (C=O) groups is 2. The summed E-state index contributed by atoms with van der Waals surface area (Å²) in [5.41, 5.74) is 0.281. The Balaban J connectivity index is 1.93. The lowest BCUT2D eigenvalue weighted by atomic mass is 9.96. The SMILES string of the molecule is CCCCc1nc(C(=O)Nc2ccc(Cl)cn2)c(N(C(=O)C2CCNCC2)C(C)C)s1. The number of aromatic nitrogens is 2. The summed E-state index contributed by atoms with van der Waals surface area (Å²) in [4.78, 5) is 37.1. The van der Waals surface area contributed by atoms with E-state index in [4.69, 9.17) is 11.6 Å². The summed E-state index contributed by atoms with van der Waals surface area (Å²) in [6.07, 6.45) is 5.89. The van der Waals surface area contributed by atoms with Gasteiger partial charge in [-0.2, -0.15) is 0 Å². The number of thiazole rings is 1. The first-order valence-electron chi connectivity index (χ1n) is 10.9. The fourth-order valence-electron chi connectivity index (χ4n) is 3.58.